The predicted molar refractivity (Wildman–Crippen MR) is 122 cm³/mol. The highest BCUT2D eigenvalue weighted by atomic mass is 19.4. The average molecular weight is 506 g/mol. The minimum atomic E-state index is -4.38. The lowest BCUT2D eigenvalue weighted by Crippen LogP contribution is -2.42. The second-order valence-electron chi connectivity index (χ2n) is 9.18. The van der Waals surface area contributed by atoms with E-state index in [9.17, 15) is 26.7 Å². The highest BCUT2D eigenvalue weighted by Crippen LogP contribution is 2.41. The summed E-state index contributed by atoms with van der Waals surface area (Å²) in [7, 11) is 0. The van der Waals surface area contributed by atoms with E-state index in [0.717, 1.165) is 24.0 Å². The Hall–Kier alpha value is -3.57. The number of alkyl halides is 5. The van der Waals surface area contributed by atoms with Gasteiger partial charge in [0.05, 0.1) is 23.0 Å². The Bertz CT molecular complexity index is 1320. The second kappa shape index (κ2) is 9.14. The van der Waals surface area contributed by atoms with Crippen molar-refractivity contribution in [2.75, 3.05) is 18.4 Å². The molecule has 0 radical (unpaired) electrons. The van der Waals surface area contributed by atoms with E-state index in [2.05, 4.69) is 25.7 Å². The van der Waals surface area contributed by atoms with Crippen LogP contribution < -0.4 is 10.6 Å². The van der Waals surface area contributed by atoms with Gasteiger partial charge in [-0.1, -0.05) is 6.08 Å². The molecule has 0 saturated heterocycles. The molecule has 3 aromatic heterocycles. The van der Waals surface area contributed by atoms with Gasteiger partial charge in [0.25, 0.3) is 5.91 Å². The lowest BCUT2D eigenvalue weighted by molar-refractivity contribution is -0.115. The van der Waals surface area contributed by atoms with Crippen LogP contribution in [-0.4, -0.2) is 50.7 Å². The lowest BCUT2D eigenvalue weighted by atomic mass is 9.81. The summed E-state index contributed by atoms with van der Waals surface area (Å²) in [5, 5.41) is 9.16. The molecule has 190 valence electrons. The number of amides is 1. The van der Waals surface area contributed by atoms with Crippen LogP contribution in [0, 0.1) is 5.92 Å². The first-order chi connectivity index (χ1) is 17.1. The second-order valence-corrected chi connectivity index (χ2v) is 9.18. The molecule has 3 aromatic rings. The van der Waals surface area contributed by atoms with E-state index in [-0.39, 0.29) is 31.3 Å². The molecule has 3 heterocycles. The first-order valence-corrected chi connectivity index (χ1v) is 11.6. The third-order valence-electron chi connectivity index (χ3n) is 6.37. The van der Waals surface area contributed by atoms with Gasteiger partial charge in [-0.2, -0.15) is 18.3 Å². The van der Waals surface area contributed by atoms with Crippen molar-refractivity contribution < 1.29 is 26.7 Å². The Kier molecular flexibility index (Phi) is 6.13. The number of fused-ring (bicyclic) bond motifs is 2. The van der Waals surface area contributed by atoms with Crippen molar-refractivity contribution in [1.29, 1.82) is 0 Å². The Labute approximate surface area is 202 Å². The normalized spacial score (nSPS) is 17.6. The molecule has 1 fully saturated rings. The van der Waals surface area contributed by atoms with Crippen LogP contribution in [0.2, 0.25) is 0 Å². The number of aryl methyl sites for hydroxylation is 1. The largest absolute Gasteiger partial charge is 0.405 e. The van der Waals surface area contributed by atoms with Crippen LogP contribution in [-0.2, 0) is 6.42 Å². The summed E-state index contributed by atoms with van der Waals surface area (Å²) >= 11 is 0. The molecule has 0 unspecified atom stereocenters. The summed E-state index contributed by atoms with van der Waals surface area (Å²) in [6.07, 6.45) is 3.94. The summed E-state index contributed by atoms with van der Waals surface area (Å²) in [5.41, 5.74) is 3.81. The molecular weight excluding hydrogens is 483 g/mol. The fourth-order valence-corrected chi connectivity index (χ4v) is 4.58. The average Bonchev–Trinajstić information content (AvgIpc) is 3.11. The monoisotopic (exact) mass is 506 g/mol. The van der Waals surface area contributed by atoms with E-state index in [0.29, 0.717) is 28.8 Å². The molecule has 1 saturated carbocycles. The van der Waals surface area contributed by atoms with Gasteiger partial charge in [0.2, 0.25) is 11.9 Å². The van der Waals surface area contributed by atoms with E-state index in [1.807, 2.05) is 12.1 Å². The minimum absolute atomic E-state index is 0.0817. The fraction of sp³-hybridized carbons (Fsp3) is 0.417. The molecule has 12 heteroatoms. The first-order valence-electron chi connectivity index (χ1n) is 11.6. The van der Waals surface area contributed by atoms with Crippen molar-refractivity contribution in [3.05, 3.63) is 59.2 Å². The highest BCUT2D eigenvalue weighted by Gasteiger charge is 2.45. The molecule has 0 aliphatic heterocycles. The van der Waals surface area contributed by atoms with Gasteiger partial charge in [-0.15, -0.1) is 0 Å². The Morgan fingerprint density at radius 1 is 1.22 bits per heavy atom. The van der Waals surface area contributed by atoms with E-state index >= 15 is 0 Å². The van der Waals surface area contributed by atoms with Crippen molar-refractivity contribution in [2.24, 2.45) is 5.92 Å². The number of halogens is 5. The molecule has 5 rings (SSSR count). The van der Waals surface area contributed by atoms with E-state index in [4.69, 9.17) is 0 Å². The number of allylic oxidation sites excluding steroid dienone is 1. The van der Waals surface area contributed by atoms with Crippen molar-refractivity contribution in [3.63, 3.8) is 0 Å². The van der Waals surface area contributed by atoms with Crippen LogP contribution in [0.25, 0.3) is 11.1 Å². The van der Waals surface area contributed by atoms with Crippen LogP contribution in [0.5, 0.6) is 0 Å². The zero-order valence-electron chi connectivity index (χ0n) is 19.1. The van der Waals surface area contributed by atoms with Gasteiger partial charge in [-0.05, 0) is 48.4 Å². The summed E-state index contributed by atoms with van der Waals surface area (Å²) in [6, 6.07) is 3.63. The number of carbonyl (C=O) groups is 1. The fourth-order valence-electron chi connectivity index (χ4n) is 4.58. The molecule has 0 aromatic carbocycles. The zero-order chi connectivity index (χ0) is 25.5. The maximum atomic E-state index is 13.1. The van der Waals surface area contributed by atoms with Crippen molar-refractivity contribution >= 4 is 22.9 Å². The van der Waals surface area contributed by atoms with Gasteiger partial charge < -0.3 is 10.6 Å². The van der Waals surface area contributed by atoms with Crippen LogP contribution in [0.15, 0.2) is 36.8 Å². The van der Waals surface area contributed by atoms with Gasteiger partial charge in [-0.25, -0.2) is 23.3 Å². The first kappa shape index (κ1) is 24.1. The topological polar surface area (TPSA) is 84.2 Å². The SMILES string of the molecule is O=C(NCC1CC(F)(F)C1)c1cnn2ccc(C3=CCCCc4nc(NCC(F)(F)F)ncc43)cc12. The van der Waals surface area contributed by atoms with Gasteiger partial charge in [-0.3, -0.25) is 4.79 Å². The molecule has 1 amide bonds. The molecule has 0 atom stereocenters. The van der Waals surface area contributed by atoms with Gasteiger partial charge in [0, 0.05) is 37.3 Å². The number of nitrogens with zero attached hydrogens (tertiary/aromatic N) is 4. The van der Waals surface area contributed by atoms with Gasteiger partial charge in [0.15, 0.2) is 0 Å². The third kappa shape index (κ3) is 5.17. The van der Waals surface area contributed by atoms with Crippen molar-refractivity contribution in [2.45, 2.75) is 44.2 Å². The summed E-state index contributed by atoms with van der Waals surface area (Å²) in [4.78, 5) is 21.2. The van der Waals surface area contributed by atoms with Gasteiger partial charge >= 0.3 is 6.18 Å². The third-order valence-corrected chi connectivity index (χ3v) is 6.37. The smallest absolute Gasteiger partial charge is 0.352 e. The Balaban J connectivity index is 1.38. The highest BCUT2D eigenvalue weighted by molar-refractivity contribution is 6.01. The van der Waals surface area contributed by atoms with Crippen LogP contribution in [0.3, 0.4) is 0 Å². The van der Waals surface area contributed by atoms with Gasteiger partial charge in [0.1, 0.15) is 6.54 Å². The predicted octanol–water partition coefficient (Wildman–Crippen LogP) is 4.64. The molecule has 0 spiro atoms. The van der Waals surface area contributed by atoms with Crippen LogP contribution in [0.1, 0.15) is 52.9 Å². The number of pyridine rings is 1. The summed E-state index contributed by atoms with van der Waals surface area (Å²) in [6.45, 7) is -1.05. The van der Waals surface area contributed by atoms with Crippen molar-refractivity contribution in [3.8, 4) is 0 Å². The number of carbonyl (C=O) groups excluding carboxylic acids is 1. The standard InChI is InChI=1S/C24H23F5N6O/c25-23(26)8-14(9-23)10-30-21(36)18-12-33-35-6-5-15(7-20(18)35)16-3-1-2-4-19-17(16)11-31-22(34-19)32-13-24(27,28)29/h3,5-7,11-12,14H,1-2,4,8-10,13H2,(H,30,36)(H,31,32,34). The molecule has 7 nitrogen and oxygen atoms in total. The number of aromatic nitrogens is 4. The summed E-state index contributed by atoms with van der Waals surface area (Å²) in [5.74, 6) is -3.36. The molecule has 0 bridgehead atoms. The Morgan fingerprint density at radius 2 is 2.03 bits per heavy atom. The van der Waals surface area contributed by atoms with E-state index in [1.165, 1.54) is 12.4 Å². The molecule has 2 aliphatic carbocycles. The quantitative estimate of drug-likeness (QED) is 0.476. The summed E-state index contributed by atoms with van der Waals surface area (Å²) < 4.78 is 65.4. The molecule has 2 aliphatic rings. The van der Waals surface area contributed by atoms with Crippen LogP contribution >= 0.6 is 0 Å². The molecule has 36 heavy (non-hydrogen) atoms. The van der Waals surface area contributed by atoms with Crippen molar-refractivity contribution in [1.82, 2.24) is 24.9 Å². The number of anilines is 1. The van der Waals surface area contributed by atoms with E-state index < -0.39 is 24.6 Å². The number of hydrogen-bond donors (Lipinski definition) is 2. The molecular formula is C24H23F5N6O. The van der Waals surface area contributed by atoms with E-state index in [1.54, 1.807) is 16.8 Å². The number of hydrogen-bond acceptors (Lipinski definition) is 5. The lowest BCUT2D eigenvalue weighted by Gasteiger charge is -2.34. The maximum absolute atomic E-state index is 13.1. The maximum Gasteiger partial charge on any atom is 0.405 e. The minimum Gasteiger partial charge on any atom is -0.352 e. The van der Waals surface area contributed by atoms with Crippen LogP contribution in [0.4, 0.5) is 27.9 Å². The number of nitrogens with one attached hydrogen (secondary N) is 2. The molecule has 2 N–H and O–H groups in total. The number of rotatable bonds is 6. The zero-order valence-corrected chi connectivity index (χ0v) is 19.1. The Morgan fingerprint density at radius 3 is 2.78 bits per heavy atom.